The van der Waals surface area contributed by atoms with E-state index in [0.717, 1.165) is 17.7 Å². The number of aromatic amines is 1. The summed E-state index contributed by atoms with van der Waals surface area (Å²) in [6.07, 6.45) is 0.837. The van der Waals surface area contributed by atoms with Crippen LogP contribution < -0.4 is 10.9 Å². The van der Waals surface area contributed by atoms with Gasteiger partial charge in [-0.1, -0.05) is 6.92 Å². The van der Waals surface area contributed by atoms with Crippen molar-refractivity contribution in [1.82, 2.24) is 4.98 Å². The average Bonchev–Trinajstić information content (AvgIpc) is 2.88. The van der Waals surface area contributed by atoms with Crippen molar-refractivity contribution in [3.8, 4) is 0 Å². The number of aromatic nitrogens is 1. The van der Waals surface area contributed by atoms with E-state index < -0.39 is 5.97 Å². The van der Waals surface area contributed by atoms with Crippen molar-refractivity contribution in [1.29, 1.82) is 0 Å². The minimum atomic E-state index is -0.401. The van der Waals surface area contributed by atoms with E-state index in [2.05, 4.69) is 10.3 Å². The van der Waals surface area contributed by atoms with Crippen LogP contribution in [0.1, 0.15) is 47.0 Å². The fourth-order valence-electron chi connectivity index (χ4n) is 2.39. The molecule has 23 heavy (non-hydrogen) atoms. The smallest absolute Gasteiger partial charge is 0.341 e. The lowest BCUT2D eigenvalue weighted by Crippen LogP contribution is -2.16. The third-order valence-corrected chi connectivity index (χ3v) is 3.64. The van der Waals surface area contributed by atoms with Crippen molar-refractivity contribution in [2.45, 2.75) is 40.7 Å². The van der Waals surface area contributed by atoms with Crippen molar-refractivity contribution in [3.05, 3.63) is 50.8 Å². The number of pyridine rings is 1. The van der Waals surface area contributed by atoms with Crippen molar-refractivity contribution < 1.29 is 13.9 Å². The maximum Gasteiger partial charge on any atom is 0.341 e. The van der Waals surface area contributed by atoms with Crippen LogP contribution in [0.5, 0.6) is 0 Å². The van der Waals surface area contributed by atoms with Crippen LogP contribution in [0.4, 0.5) is 5.69 Å². The zero-order valence-electron chi connectivity index (χ0n) is 13.9. The van der Waals surface area contributed by atoms with Crippen LogP contribution in [0.3, 0.4) is 0 Å². The first kappa shape index (κ1) is 16.9. The minimum absolute atomic E-state index is 0.173. The van der Waals surface area contributed by atoms with E-state index >= 15 is 0 Å². The molecule has 6 heteroatoms. The van der Waals surface area contributed by atoms with Crippen LogP contribution >= 0.6 is 0 Å². The van der Waals surface area contributed by atoms with Gasteiger partial charge in [0.15, 0.2) is 0 Å². The maximum atomic E-state index is 12.0. The van der Waals surface area contributed by atoms with Crippen LogP contribution in [0.2, 0.25) is 0 Å². The van der Waals surface area contributed by atoms with Crippen LogP contribution in [0.25, 0.3) is 0 Å². The summed E-state index contributed by atoms with van der Waals surface area (Å²) in [4.78, 5) is 26.6. The zero-order valence-corrected chi connectivity index (χ0v) is 13.9. The number of aryl methyl sites for hydroxylation is 3. The van der Waals surface area contributed by atoms with Gasteiger partial charge in [0.1, 0.15) is 22.8 Å². The Morgan fingerprint density at radius 3 is 2.70 bits per heavy atom. The van der Waals surface area contributed by atoms with Crippen LogP contribution in [-0.4, -0.2) is 17.6 Å². The number of hydrogen-bond acceptors (Lipinski definition) is 5. The largest absolute Gasteiger partial charge is 0.464 e. The van der Waals surface area contributed by atoms with E-state index in [4.69, 9.17) is 9.15 Å². The number of furan rings is 1. The van der Waals surface area contributed by atoms with Gasteiger partial charge in [-0.3, -0.25) is 4.79 Å². The predicted molar refractivity (Wildman–Crippen MR) is 87.9 cm³/mol. The molecule has 0 saturated heterocycles. The Morgan fingerprint density at radius 1 is 1.30 bits per heavy atom. The topological polar surface area (TPSA) is 84.3 Å². The summed E-state index contributed by atoms with van der Waals surface area (Å²) in [5.41, 5.74) is 2.68. The molecule has 0 aromatic carbocycles. The minimum Gasteiger partial charge on any atom is -0.464 e. The van der Waals surface area contributed by atoms with E-state index in [1.54, 1.807) is 19.9 Å². The molecule has 2 aromatic heterocycles. The number of carbonyl (C=O) groups is 1. The van der Waals surface area contributed by atoms with Gasteiger partial charge >= 0.3 is 5.97 Å². The summed E-state index contributed by atoms with van der Waals surface area (Å²) >= 11 is 0. The Labute approximate surface area is 134 Å². The van der Waals surface area contributed by atoms with E-state index in [9.17, 15) is 9.59 Å². The molecule has 2 heterocycles. The highest BCUT2D eigenvalue weighted by atomic mass is 16.5. The van der Waals surface area contributed by atoms with E-state index in [1.165, 1.54) is 0 Å². The van der Waals surface area contributed by atoms with Gasteiger partial charge in [0.05, 0.1) is 13.2 Å². The van der Waals surface area contributed by atoms with Gasteiger partial charge in [-0.2, -0.15) is 0 Å². The molecule has 0 radical (unpaired) electrons. The fourth-order valence-corrected chi connectivity index (χ4v) is 2.39. The normalized spacial score (nSPS) is 10.6. The van der Waals surface area contributed by atoms with Gasteiger partial charge in [0.2, 0.25) is 0 Å². The SMILES string of the molecule is CCOC(=O)c1cc(CNc2cc(CC)c(C)[nH]c2=O)oc1C. The number of nitrogens with one attached hydrogen (secondary N) is 2. The number of hydrogen-bond donors (Lipinski definition) is 2. The second-order valence-electron chi connectivity index (χ2n) is 5.27. The second kappa shape index (κ2) is 7.17. The molecular weight excluding hydrogens is 296 g/mol. The number of H-pyrrole nitrogens is 1. The monoisotopic (exact) mass is 318 g/mol. The summed E-state index contributed by atoms with van der Waals surface area (Å²) in [5, 5.41) is 3.05. The molecule has 0 bridgehead atoms. The lowest BCUT2D eigenvalue weighted by Gasteiger charge is -2.08. The molecule has 0 spiro atoms. The standard InChI is InChI=1S/C17H22N2O4/c1-5-12-7-15(16(20)19-10(12)3)18-9-13-8-14(11(4)23-13)17(21)22-6-2/h7-8,18H,5-6,9H2,1-4H3,(H,19,20). The zero-order chi connectivity index (χ0) is 17.0. The van der Waals surface area contributed by atoms with Crippen molar-refractivity contribution in [2.24, 2.45) is 0 Å². The summed E-state index contributed by atoms with van der Waals surface area (Å²) in [7, 11) is 0. The van der Waals surface area contributed by atoms with Gasteiger partial charge in [-0.05, 0) is 44.9 Å². The summed E-state index contributed by atoms with van der Waals surface area (Å²) in [5.74, 6) is 0.678. The molecule has 6 nitrogen and oxygen atoms in total. The predicted octanol–water partition coefficient (Wildman–Crippen LogP) is 2.94. The molecule has 0 atom stereocenters. The van der Waals surface area contributed by atoms with E-state index in [1.807, 2.05) is 19.9 Å². The Hall–Kier alpha value is -2.50. The van der Waals surface area contributed by atoms with Crippen LogP contribution in [0, 0.1) is 13.8 Å². The summed E-state index contributed by atoms with van der Waals surface area (Å²) in [6, 6.07) is 3.49. The van der Waals surface area contributed by atoms with E-state index in [0.29, 0.717) is 35.9 Å². The Balaban J connectivity index is 2.14. The van der Waals surface area contributed by atoms with Gasteiger partial charge in [-0.25, -0.2) is 4.79 Å². The number of ether oxygens (including phenoxy) is 1. The van der Waals surface area contributed by atoms with E-state index in [-0.39, 0.29) is 5.56 Å². The first-order valence-electron chi connectivity index (χ1n) is 7.69. The maximum absolute atomic E-state index is 12.0. The molecule has 0 amide bonds. The third kappa shape index (κ3) is 3.83. The highest BCUT2D eigenvalue weighted by Gasteiger charge is 2.16. The highest BCUT2D eigenvalue weighted by molar-refractivity contribution is 5.90. The Kier molecular flexibility index (Phi) is 5.26. The summed E-state index contributed by atoms with van der Waals surface area (Å²) in [6.45, 7) is 8.01. The van der Waals surface area contributed by atoms with Crippen molar-refractivity contribution in [3.63, 3.8) is 0 Å². The lowest BCUT2D eigenvalue weighted by atomic mass is 10.1. The molecule has 0 aliphatic carbocycles. The molecule has 0 aliphatic heterocycles. The van der Waals surface area contributed by atoms with Gasteiger partial charge < -0.3 is 19.5 Å². The molecule has 2 N–H and O–H groups in total. The molecule has 0 saturated carbocycles. The first-order chi connectivity index (χ1) is 11.0. The fraction of sp³-hybridized carbons (Fsp3) is 0.412. The first-order valence-corrected chi connectivity index (χ1v) is 7.69. The van der Waals surface area contributed by atoms with Crippen molar-refractivity contribution >= 4 is 11.7 Å². The second-order valence-corrected chi connectivity index (χ2v) is 5.27. The molecule has 0 unspecified atom stereocenters. The number of esters is 1. The molecule has 2 rings (SSSR count). The summed E-state index contributed by atoms with van der Waals surface area (Å²) < 4.78 is 10.5. The lowest BCUT2D eigenvalue weighted by molar-refractivity contribution is 0.0524. The van der Waals surface area contributed by atoms with Gasteiger partial charge in [-0.15, -0.1) is 0 Å². The quantitative estimate of drug-likeness (QED) is 0.800. The van der Waals surface area contributed by atoms with Gasteiger partial charge in [0, 0.05) is 5.69 Å². The highest BCUT2D eigenvalue weighted by Crippen LogP contribution is 2.17. The van der Waals surface area contributed by atoms with Crippen molar-refractivity contribution in [2.75, 3.05) is 11.9 Å². The molecule has 0 aliphatic rings. The Morgan fingerprint density at radius 2 is 2.04 bits per heavy atom. The molecular formula is C17H22N2O4. The number of rotatable bonds is 6. The Bertz CT molecular complexity index is 758. The van der Waals surface area contributed by atoms with Crippen LogP contribution in [-0.2, 0) is 17.7 Å². The number of anilines is 1. The average molecular weight is 318 g/mol. The molecule has 2 aromatic rings. The molecule has 0 fully saturated rings. The molecule has 124 valence electrons. The number of carbonyl (C=O) groups excluding carboxylic acids is 1. The van der Waals surface area contributed by atoms with Gasteiger partial charge in [0.25, 0.3) is 5.56 Å². The van der Waals surface area contributed by atoms with Crippen LogP contribution in [0.15, 0.2) is 21.3 Å². The third-order valence-electron chi connectivity index (χ3n) is 3.64.